The minimum Gasteiger partial charge on any atom is -0.455 e. The van der Waals surface area contributed by atoms with Crippen LogP contribution in [0.4, 0.5) is 0 Å². The fourth-order valence-electron chi connectivity index (χ4n) is 1.29. The highest BCUT2D eigenvalue weighted by molar-refractivity contribution is 5.91. The lowest BCUT2D eigenvalue weighted by Crippen LogP contribution is -2.27. The normalized spacial score (nSPS) is 10.3. The summed E-state index contributed by atoms with van der Waals surface area (Å²) in [5.74, 6) is 0.930. The van der Waals surface area contributed by atoms with Gasteiger partial charge in [0.2, 0.25) is 0 Å². The van der Waals surface area contributed by atoms with Crippen molar-refractivity contribution in [2.45, 2.75) is 26.3 Å². The van der Waals surface area contributed by atoms with Crippen LogP contribution in [0.5, 0.6) is 0 Å². The monoisotopic (exact) mass is 210 g/mol. The third-order valence-electron chi connectivity index (χ3n) is 2.27. The summed E-state index contributed by atoms with van der Waals surface area (Å²) in [6.07, 6.45) is 2.08. The molecule has 0 atom stereocenters. The van der Waals surface area contributed by atoms with Crippen LogP contribution < -0.4 is 5.73 Å². The molecule has 0 unspecified atom stereocenters. The van der Waals surface area contributed by atoms with E-state index < -0.39 is 0 Å². The van der Waals surface area contributed by atoms with Crippen LogP contribution in [0.25, 0.3) is 0 Å². The highest BCUT2D eigenvalue weighted by atomic mass is 16.4. The standard InChI is InChI=1S/C11H18N2O2/c1-3-4-7-13(2)11(14)10-6-5-9(8-12)15-10/h5-6H,3-4,7-8,12H2,1-2H3. The Hall–Kier alpha value is -1.29. The summed E-state index contributed by atoms with van der Waals surface area (Å²) in [6, 6.07) is 3.41. The zero-order chi connectivity index (χ0) is 11.3. The zero-order valence-corrected chi connectivity index (χ0v) is 9.32. The van der Waals surface area contributed by atoms with Crippen LogP contribution in [-0.2, 0) is 6.54 Å². The Morgan fingerprint density at radius 3 is 2.80 bits per heavy atom. The summed E-state index contributed by atoms with van der Waals surface area (Å²) in [7, 11) is 1.78. The Balaban J connectivity index is 2.59. The lowest BCUT2D eigenvalue weighted by molar-refractivity contribution is 0.0760. The zero-order valence-electron chi connectivity index (χ0n) is 9.32. The molecule has 0 aliphatic carbocycles. The van der Waals surface area contributed by atoms with E-state index in [0.717, 1.165) is 19.4 Å². The predicted octanol–water partition coefficient (Wildman–Crippen LogP) is 1.61. The van der Waals surface area contributed by atoms with E-state index in [0.29, 0.717) is 18.1 Å². The smallest absolute Gasteiger partial charge is 0.289 e. The van der Waals surface area contributed by atoms with Gasteiger partial charge >= 0.3 is 0 Å². The van der Waals surface area contributed by atoms with Gasteiger partial charge in [0.25, 0.3) is 5.91 Å². The molecule has 84 valence electrons. The van der Waals surface area contributed by atoms with E-state index in [9.17, 15) is 4.79 Å². The Morgan fingerprint density at radius 2 is 2.27 bits per heavy atom. The predicted molar refractivity (Wildman–Crippen MR) is 58.5 cm³/mol. The highest BCUT2D eigenvalue weighted by Gasteiger charge is 2.14. The van der Waals surface area contributed by atoms with Crippen LogP contribution in [-0.4, -0.2) is 24.4 Å². The maximum Gasteiger partial charge on any atom is 0.289 e. The molecule has 1 amide bonds. The van der Waals surface area contributed by atoms with Crippen molar-refractivity contribution in [1.82, 2.24) is 4.90 Å². The molecule has 15 heavy (non-hydrogen) atoms. The van der Waals surface area contributed by atoms with Gasteiger partial charge in [0.05, 0.1) is 6.54 Å². The summed E-state index contributed by atoms with van der Waals surface area (Å²) in [4.78, 5) is 13.4. The van der Waals surface area contributed by atoms with Crippen LogP contribution >= 0.6 is 0 Å². The molecule has 4 nitrogen and oxygen atoms in total. The minimum absolute atomic E-state index is 0.0804. The van der Waals surface area contributed by atoms with Crippen molar-refractivity contribution in [2.24, 2.45) is 5.73 Å². The van der Waals surface area contributed by atoms with Gasteiger partial charge in [0.15, 0.2) is 5.76 Å². The Morgan fingerprint density at radius 1 is 1.53 bits per heavy atom. The Labute approximate surface area is 90.0 Å². The summed E-state index contributed by atoms with van der Waals surface area (Å²) in [5.41, 5.74) is 5.40. The largest absolute Gasteiger partial charge is 0.455 e. The molecular formula is C11H18N2O2. The molecule has 0 radical (unpaired) electrons. The van der Waals surface area contributed by atoms with Gasteiger partial charge < -0.3 is 15.1 Å². The van der Waals surface area contributed by atoms with E-state index in [4.69, 9.17) is 10.2 Å². The molecule has 1 aromatic rings. The van der Waals surface area contributed by atoms with Crippen LogP contribution in [0.1, 0.15) is 36.1 Å². The number of furan rings is 1. The second kappa shape index (κ2) is 5.56. The van der Waals surface area contributed by atoms with Gasteiger partial charge in [-0.3, -0.25) is 4.79 Å². The van der Waals surface area contributed by atoms with Gasteiger partial charge in [-0.05, 0) is 18.6 Å². The van der Waals surface area contributed by atoms with Gasteiger partial charge in [0.1, 0.15) is 5.76 Å². The first-order chi connectivity index (χ1) is 7.19. The van der Waals surface area contributed by atoms with Crippen molar-refractivity contribution in [1.29, 1.82) is 0 Å². The second-order valence-electron chi connectivity index (χ2n) is 3.55. The SMILES string of the molecule is CCCCN(C)C(=O)c1ccc(CN)o1. The number of hydrogen-bond acceptors (Lipinski definition) is 3. The molecule has 1 heterocycles. The number of carbonyl (C=O) groups excluding carboxylic acids is 1. The van der Waals surface area contributed by atoms with Gasteiger partial charge in [-0.1, -0.05) is 13.3 Å². The van der Waals surface area contributed by atoms with Crippen molar-refractivity contribution < 1.29 is 9.21 Å². The number of carbonyl (C=O) groups is 1. The Bertz CT molecular complexity index is 320. The average molecular weight is 210 g/mol. The molecule has 0 aromatic carbocycles. The summed E-state index contributed by atoms with van der Waals surface area (Å²) in [6.45, 7) is 3.18. The van der Waals surface area contributed by atoms with Gasteiger partial charge in [-0.15, -0.1) is 0 Å². The minimum atomic E-state index is -0.0804. The quantitative estimate of drug-likeness (QED) is 0.803. The van der Waals surface area contributed by atoms with Crippen molar-refractivity contribution in [3.05, 3.63) is 23.7 Å². The fourth-order valence-corrected chi connectivity index (χ4v) is 1.29. The van der Waals surface area contributed by atoms with Crippen LogP contribution in [0.2, 0.25) is 0 Å². The van der Waals surface area contributed by atoms with Crippen LogP contribution in [0.15, 0.2) is 16.5 Å². The maximum absolute atomic E-state index is 11.8. The molecule has 0 aliphatic rings. The number of nitrogens with two attached hydrogens (primary N) is 1. The molecule has 0 fully saturated rings. The molecule has 0 saturated carbocycles. The first-order valence-electron chi connectivity index (χ1n) is 5.23. The number of hydrogen-bond donors (Lipinski definition) is 1. The molecular weight excluding hydrogens is 192 g/mol. The van der Waals surface area contributed by atoms with Crippen molar-refractivity contribution in [2.75, 3.05) is 13.6 Å². The maximum atomic E-state index is 11.8. The molecule has 0 aliphatic heterocycles. The summed E-state index contributed by atoms with van der Waals surface area (Å²) < 4.78 is 5.28. The average Bonchev–Trinajstić information content (AvgIpc) is 2.73. The Kier molecular flexibility index (Phi) is 4.37. The van der Waals surface area contributed by atoms with Gasteiger partial charge in [-0.25, -0.2) is 0 Å². The van der Waals surface area contributed by atoms with E-state index in [1.165, 1.54) is 0 Å². The lowest BCUT2D eigenvalue weighted by Gasteiger charge is -2.14. The number of nitrogens with zero attached hydrogens (tertiary/aromatic N) is 1. The molecule has 0 spiro atoms. The first kappa shape index (κ1) is 11.8. The number of unbranched alkanes of at least 4 members (excludes halogenated alkanes) is 1. The molecule has 2 N–H and O–H groups in total. The number of rotatable bonds is 5. The molecule has 0 bridgehead atoms. The fraction of sp³-hybridized carbons (Fsp3) is 0.545. The van der Waals surface area contributed by atoms with Crippen molar-refractivity contribution >= 4 is 5.91 Å². The summed E-state index contributed by atoms with van der Waals surface area (Å²) in [5, 5.41) is 0. The van der Waals surface area contributed by atoms with E-state index in [2.05, 4.69) is 6.92 Å². The molecule has 0 saturated heterocycles. The number of amides is 1. The topological polar surface area (TPSA) is 59.5 Å². The van der Waals surface area contributed by atoms with Gasteiger partial charge in [-0.2, -0.15) is 0 Å². The third-order valence-corrected chi connectivity index (χ3v) is 2.27. The van der Waals surface area contributed by atoms with E-state index in [-0.39, 0.29) is 5.91 Å². The molecule has 1 aromatic heterocycles. The van der Waals surface area contributed by atoms with E-state index >= 15 is 0 Å². The van der Waals surface area contributed by atoms with Crippen LogP contribution in [0.3, 0.4) is 0 Å². The second-order valence-corrected chi connectivity index (χ2v) is 3.55. The lowest BCUT2D eigenvalue weighted by atomic mass is 10.3. The van der Waals surface area contributed by atoms with Gasteiger partial charge in [0, 0.05) is 13.6 Å². The molecule has 4 heteroatoms. The third kappa shape index (κ3) is 3.09. The van der Waals surface area contributed by atoms with Crippen molar-refractivity contribution in [3.63, 3.8) is 0 Å². The molecule has 1 rings (SSSR count). The van der Waals surface area contributed by atoms with E-state index in [1.54, 1.807) is 24.1 Å². The van der Waals surface area contributed by atoms with E-state index in [1.807, 2.05) is 0 Å². The highest BCUT2D eigenvalue weighted by Crippen LogP contribution is 2.09. The first-order valence-corrected chi connectivity index (χ1v) is 5.23. The van der Waals surface area contributed by atoms with Crippen molar-refractivity contribution in [3.8, 4) is 0 Å². The summed E-state index contributed by atoms with van der Waals surface area (Å²) >= 11 is 0. The van der Waals surface area contributed by atoms with Crippen LogP contribution in [0, 0.1) is 0 Å².